The number of hydrogen-bond donors (Lipinski definition) is 1. The fourth-order valence-electron chi connectivity index (χ4n) is 3.38. The van der Waals surface area contributed by atoms with E-state index in [0.29, 0.717) is 0 Å². The van der Waals surface area contributed by atoms with Crippen LogP contribution in [0.4, 0.5) is 5.69 Å². The Morgan fingerprint density at radius 2 is 1.88 bits per heavy atom. The number of imidazole rings is 1. The number of nitrogens with one attached hydrogen (secondary N) is 1. The van der Waals surface area contributed by atoms with Crippen LogP contribution in [0.5, 0.6) is 0 Å². The molecule has 0 aliphatic carbocycles. The first kappa shape index (κ1) is 14.4. The van der Waals surface area contributed by atoms with E-state index in [0.717, 1.165) is 59.5 Å². The van der Waals surface area contributed by atoms with Crippen molar-refractivity contribution in [2.75, 3.05) is 31.2 Å². The van der Waals surface area contributed by atoms with Gasteiger partial charge in [-0.05, 0) is 29.8 Å². The fraction of sp³-hybridized carbons (Fsp3) is 0.211. The molecule has 3 aromatic heterocycles. The van der Waals surface area contributed by atoms with Crippen LogP contribution in [-0.2, 0) is 4.74 Å². The number of benzene rings is 1. The highest BCUT2D eigenvalue weighted by molar-refractivity contribution is 5.95. The Bertz CT molecular complexity index is 1050. The molecule has 0 saturated carbocycles. The monoisotopic (exact) mass is 331 g/mol. The zero-order valence-electron chi connectivity index (χ0n) is 13.6. The largest absolute Gasteiger partial charge is 0.378 e. The van der Waals surface area contributed by atoms with Crippen LogP contribution in [-0.4, -0.2) is 46.2 Å². The minimum atomic E-state index is 0.736. The smallest absolute Gasteiger partial charge is 0.177 e. The molecule has 1 aliphatic heterocycles. The number of ether oxygens (including phenoxy) is 1. The Morgan fingerprint density at radius 3 is 2.80 bits per heavy atom. The molecule has 6 heteroatoms. The van der Waals surface area contributed by atoms with Gasteiger partial charge in [-0.15, -0.1) is 0 Å². The van der Waals surface area contributed by atoms with Gasteiger partial charge in [0.05, 0.1) is 30.6 Å². The van der Waals surface area contributed by atoms with Gasteiger partial charge in [-0.2, -0.15) is 0 Å². The maximum atomic E-state index is 5.48. The number of aromatic nitrogens is 4. The average Bonchev–Trinajstić information content (AvgIpc) is 3.15. The molecule has 0 radical (unpaired) electrons. The van der Waals surface area contributed by atoms with Crippen LogP contribution in [0.2, 0.25) is 0 Å². The highest BCUT2D eigenvalue weighted by Gasteiger charge is 2.15. The van der Waals surface area contributed by atoms with Gasteiger partial charge in [-0.25, -0.2) is 9.97 Å². The molecular weight excluding hydrogens is 314 g/mol. The molecule has 0 unspecified atom stereocenters. The summed E-state index contributed by atoms with van der Waals surface area (Å²) < 4.78 is 5.48. The number of pyridine rings is 2. The molecule has 1 aliphatic rings. The highest BCUT2D eigenvalue weighted by atomic mass is 16.5. The molecule has 0 amide bonds. The normalized spacial score (nSPS) is 15.1. The van der Waals surface area contributed by atoms with Crippen molar-refractivity contribution in [2.24, 2.45) is 0 Å². The van der Waals surface area contributed by atoms with E-state index in [4.69, 9.17) is 4.74 Å². The molecule has 25 heavy (non-hydrogen) atoms. The topological polar surface area (TPSA) is 66.9 Å². The van der Waals surface area contributed by atoms with Gasteiger partial charge in [-0.1, -0.05) is 6.07 Å². The number of morpholine rings is 1. The van der Waals surface area contributed by atoms with E-state index in [-0.39, 0.29) is 0 Å². The van der Waals surface area contributed by atoms with Crippen LogP contribution in [0.25, 0.3) is 33.2 Å². The lowest BCUT2D eigenvalue weighted by Crippen LogP contribution is -2.36. The predicted molar refractivity (Wildman–Crippen MR) is 97.7 cm³/mol. The molecule has 6 nitrogen and oxygen atoms in total. The van der Waals surface area contributed by atoms with E-state index in [2.05, 4.69) is 55.2 Å². The Morgan fingerprint density at radius 1 is 0.960 bits per heavy atom. The average molecular weight is 331 g/mol. The first-order chi connectivity index (χ1) is 12.4. The van der Waals surface area contributed by atoms with Crippen LogP contribution in [0.3, 0.4) is 0 Å². The zero-order valence-corrected chi connectivity index (χ0v) is 13.6. The van der Waals surface area contributed by atoms with E-state index < -0.39 is 0 Å². The third kappa shape index (κ3) is 2.51. The number of nitrogens with zero attached hydrogens (tertiary/aromatic N) is 4. The number of aromatic amines is 1. The van der Waals surface area contributed by atoms with Gasteiger partial charge in [0.25, 0.3) is 0 Å². The lowest BCUT2D eigenvalue weighted by atomic mass is 10.0. The molecule has 0 spiro atoms. The molecule has 1 aromatic carbocycles. The Labute approximate surface area is 144 Å². The Kier molecular flexibility index (Phi) is 3.34. The molecule has 5 rings (SSSR count). The molecule has 0 bridgehead atoms. The quantitative estimate of drug-likeness (QED) is 0.611. The summed E-state index contributed by atoms with van der Waals surface area (Å²) >= 11 is 0. The fourth-order valence-corrected chi connectivity index (χ4v) is 3.38. The van der Waals surface area contributed by atoms with Gasteiger partial charge in [-0.3, -0.25) is 4.98 Å². The number of fused-ring (bicyclic) bond motifs is 2. The molecule has 4 aromatic rings. The van der Waals surface area contributed by atoms with Crippen molar-refractivity contribution in [2.45, 2.75) is 0 Å². The molecule has 0 atom stereocenters. The second-order valence-corrected chi connectivity index (χ2v) is 6.16. The lowest BCUT2D eigenvalue weighted by molar-refractivity contribution is 0.123. The first-order valence-corrected chi connectivity index (χ1v) is 8.39. The summed E-state index contributed by atoms with van der Waals surface area (Å²) in [6.45, 7) is 3.35. The van der Waals surface area contributed by atoms with E-state index >= 15 is 0 Å². The SMILES string of the molecule is c1cc(N2CCOCC2)c2cc(-c3cnc4nc[nH]c4c3)ccc2n1. The van der Waals surface area contributed by atoms with Gasteiger partial charge in [0.15, 0.2) is 5.65 Å². The van der Waals surface area contributed by atoms with Crippen molar-refractivity contribution in [3.8, 4) is 11.1 Å². The Balaban J connectivity index is 1.64. The van der Waals surface area contributed by atoms with Crippen LogP contribution in [0.1, 0.15) is 0 Å². The highest BCUT2D eigenvalue weighted by Crippen LogP contribution is 2.31. The Hall–Kier alpha value is -2.99. The lowest BCUT2D eigenvalue weighted by Gasteiger charge is -2.29. The van der Waals surface area contributed by atoms with Gasteiger partial charge in [0.1, 0.15) is 0 Å². The maximum absolute atomic E-state index is 5.48. The molecule has 1 fully saturated rings. The summed E-state index contributed by atoms with van der Waals surface area (Å²) in [6.07, 6.45) is 5.42. The number of hydrogen-bond acceptors (Lipinski definition) is 5. The van der Waals surface area contributed by atoms with E-state index in [1.165, 1.54) is 5.69 Å². The van der Waals surface area contributed by atoms with E-state index in [1.54, 1.807) is 6.33 Å². The molecule has 124 valence electrons. The maximum Gasteiger partial charge on any atom is 0.177 e. The van der Waals surface area contributed by atoms with Crippen LogP contribution in [0.15, 0.2) is 49.1 Å². The second kappa shape index (κ2) is 5.82. The number of H-pyrrole nitrogens is 1. The van der Waals surface area contributed by atoms with Gasteiger partial charge in [0, 0.05) is 42.1 Å². The summed E-state index contributed by atoms with van der Waals surface area (Å²) in [5.74, 6) is 0. The number of anilines is 1. The molecule has 1 saturated heterocycles. The van der Waals surface area contributed by atoms with Gasteiger partial charge in [0.2, 0.25) is 0 Å². The van der Waals surface area contributed by atoms with E-state index in [1.807, 2.05) is 12.4 Å². The third-order valence-electron chi connectivity index (χ3n) is 4.68. The van der Waals surface area contributed by atoms with Crippen molar-refractivity contribution in [1.82, 2.24) is 19.9 Å². The molecular formula is C19H17N5O. The van der Waals surface area contributed by atoms with Crippen LogP contribution in [0, 0.1) is 0 Å². The van der Waals surface area contributed by atoms with Crippen molar-refractivity contribution in [1.29, 1.82) is 0 Å². The molecule has 4 heterocycles. The molecule has 1 N–H and O–H groups in total. The first-order valence-electron chi connectivity index (χ1n) is 8.39. The van der Waals surface area contributed by atoms with Crippen molar-refractivity contribution < 1.29 is 4.74 Å². The predicted octanol–water partition coefficient (Wildman–Crippen LogP) is 3.01. The zero-order chi connectivity index (χ0) is 16.6. The van der Waals surface area contributed by atoms with Gasteiger partial charge >= 0.3 is 0 Å². The second-order valence-electron chi connectivity index (χ2n) is 6.16. The summed E-state index contributed by atoms with van der Waals surface area (Å²) in [5, 5.41) is 1.16. The van der Waals surface area contributed by atoms with Crippen LogP contribution >= 0.6 is 0 Å². The minimum absolute atomic E-state index is 0.736. The van der Waals surface area contributed by atoms with Crippen LogP contribution < -0.4 is 4.90 Å². The summed E-state index contributed by atoms with van der Waals surface area (Å²) in [6, 6.07) is 10.5. The van der Waals surface area contributed by atoms with Crippen molar-refractivity contribution >= 4 is 27.8 Å². The van der Waals surface area contributed by atoms with Crippen molar-refractivity contribution in [3.63, 3.8) is 0 Å². The standard InChI is InChI=1S/C19H17N5O/c1-2-16-15(18(3-4-20-16)24-5-7-25-8-6-24)9-13(1)14-10-17-19(21-11-14)23-12-22-17/h1-4,9-12H,5-8H2,(H,21,22,23). The third-order valence-corrected chi connectivity index (χ3v) is 4.68. The van der Waals surface area contributed by atoms with Crippen molar-refractivity contribution in [3.05, 3.63) is 49.1 Å². The summed E-state index contributed by atoms with van der Waals surface area (Å²) in [7, 11) is 0. The van der Waals surface area contributed by atoms with E-state index in [9.17, 15) is 0 Å². The van der Waals surface area contributed by atoms with Gasteiger partial charge < -0.3 is 14.6 Å². The summed E-state index contributed by atoms with van der Waals surface area (Å²) in [4.78, 5) is 18.6. The minimum Gasteiger partial charge on any atom is -0.378 e. The summed E-state index contributed by atoms with van der Waals surface area (Å²) in [5.41, 5.74) is 6.08. The number of rotatable bonds is 2.